The molecule has 2 fully saturated rings. The molecule has 1 atom stereocenters. The van der Waals surface area contributed by atoms with Crippen LogP contribution in [0.1, 0.15) is 56.0 Å². The summed E-state index contributed by atoms with van der Waals surface area (Å²) in [5.74, 6) is 2.47. The highest BCUT2D eigenvalue weighted by atomic mass is 15.4. The first-order valence-corrected chi connectivity index (χ1v) is 9.36. The predicted molar refractivity (Wildman–Crippen MR) is 92.4 cm³/mol. The molecule has 6 heteroatoms. The number of rotatable bonds is 5. The molecule has 2 aliphatic rings. The van der Waals surface area contributed by atoms with E-state index in [1.807, 2.05) is 12.4 Å². The number of piperidine rings is 1. The first-order valence-electron chi connectivity index (χ1n) is 9.36. The maximum absolute atomic E-state index is 4.46. The fourth-order valence-corrected chi connectivity index (χ4v) is 4.27. The largest absolute Gasteiger partial charge is 0.337 e. The van der Waals surface area contributed by atoms with Crippen molar-refractivity contribution >= 4 is 0 Å². The zero-order valence-electron chi connectivity index (χ0n) is 14.6. The van der Waals surface area contributed by atoms with Gasteiger partial charge in [-0.2, -0.15) is 0 Å². The summed E-state index contributed by atoms with van der Waals surface area (Å²) in [5, 5.41) is 8.84. The summed E-state index contributed by atoms with van der Waals surface area (Å²) in [6.07, 6.45) is 13.9. The van der Waals surface area contributed by atoms with Crippen molar-refractivity contribution in [2.75, 3.05) is 13.1 Å². The molecular formula is C18H28N6. The van der Waals surface area contributed by atoms with Crippen molar-refractivity contribution in [3.63, 3.8) is 0 Å². The van der Waals surface area contributed by atoms with Crippen LogP contribution in [0.2, 0.25) is 0 Å². The van der Waals surface area contributed by atoms with Gasteiger partial charge in [-0.25, -0.2) is 4.98 Å². The second kappa shape index (κ2) is 7.05. The third-order valence-electron chi connectivity index (χ3n) is 5.66. The molecular weight excluding hydrogens is 300 g/mol. The van der Waals surface area contributed by atoms with Gasteiger partial charge in [-0.05, 0) is 38.1 Å². The average molecular weight is 328 g/mol. The molecule has 1 saturated heterocycles. The van der Waals surface area contributed by atoms with Crippen LogP contribution in [-0.2, 0) is 20.1 Å². The molecule has 0 bridgehead atoms. The van der Waals surface area contributed by atoms with Crippen LogP contribution in [0.15, 0.2) is 18.6 Å². The SMILES string of the molecule is Cn1ccnc1CN1CCC[C@@H](Cn2cc(C3CCCC3)nn2)C1. The van der Waals surface area contributed by atoms with Crippen LogP contribution in [0.25, 0.3) is 0 Å². The Hall–Kier alpha value is -1.69. The molecule has 6 nitrogen and oxygen atoms in total. The molecule has 2 aromatic rings. The molecule has 4 rings (SSSR count). The topological polar surface area (TPSA) is 51.8 Å². The van der Waals surface area contributed by atoms with E-state index in [2.05, 4.69) is 42.7 Å². The number of aryl methyl sites for hydroxylation is 1. The van der Waals surface area contributed by atoms with Crippen LogP contribution >= 0.6 is 0 Å². The summed E-state index contributed by atoms with van der Waals surface area (Å²) in [7, 11) is 2.07. The van der Waals surface area contributed by atoms with Gasteiger partial charge in [-0.1, -0.05) is 18.1 Å². The number of hydrogen-bond donors (Lipinski definition) is 0. The third-order valence-corrected chi connectivity index (χ3v) is 5.66. The second-order valence-corrected chi connectivity index (χ2v) is 7.54. The van der Waals surface area contributed by atoms with Gasteiger partial charge >= 0.3 is 0 Å². The molecule has 130 valence electrons. The Labute approximate surface area is 143 Å². The Bertz CT molecular complexity index is 654. The second-order valence-electron chi connectivity index (χ2n) is 7.54. The van der Waals surface area contributed by atoms with Crippen molar-refractivity contribution < 1.29 is 0 Å². The lowest BCUT2D eigenvalue weighted by Crippen LogP contribution is -2.37. The number of nitrogens with zero attached hydrogens (tertiary/aromatic N) is 6. The first-order chi connectivity index (χ1) is 11.8. The van der Waals surface area contributed by atoms with Gasteiger partial charge in [-0.15, -0.1) is 5.10 Å². The van der Waals surface area contributed by atoms with Gasteiger partial charge in [0.25, 0.3) is 0 Å². The number of aromatic nitrogens is 5. The molecule has 0 N–H and O–H groups in total. The van der Waals surface area contributed by atoms with Gasteiger partial charge in [0.05, 0.1) is 12.2 Å². The number of hydrogen-bond acceptors (Lipinski definition) is 4. The van der Waals surface area contributed by atoms with Gasteiger partial charge in [0.1, 0.15) is 5.82 Å². The maximum Gasteiger partial charge on any atom is 0.122 e. The van der Waals surface area contributed by atoms with Crippen LogP contribution in [0.5, 0.6) is 0 Å². The highest BCUT2D eigenvalue weighted by Gasteiger charge is 2.23. The lowest BCUT2D eigenvalue weighted by Gasteiger charge is -2.32. The van der Waals surface area contributed by atoms with Crippen molar-refractivity contribution in [3.05, 3.63) is 30.1 Å². The third kappa shape index (κ3) is 3.53. The van der Waals surface area contributed by atoms with E-state index in [0.717, 1.165) is 25.5 Å². The quantitative estimate of drug-likeness (QED) is 0.846. The average Bonchev–Trinajstić information content (AvgIpc) is 3.31. The minimum Gasteiger partial charge on any atom is -0.337 e. The van der Waals surface area contributed by atoms with Crippen molar-refractivity contribution in [2.24, 2.45) is 13.0 Å². The first kappa shape index (κ1) is 15.8. The molecule has 0 unspecified atom stereocenters. The van der Waals surface area contributed by atoms with Crippen LogP contribution in [0, 0.1) is 5.92 Å². The Kier molecular flexibility index (Phi) is 4.65. The highest BCUT2D eigenvalue weighted by Crippen LogP contribution is 2.32. The van der Waals surface area contributed by atoms with Crippen molar-refractivity contribution in [1.82, 2.24) is 29.4 Å². The molecule has 0 aromatic carbocycles. The van der Waals surface area contributed by atoms with E-state index in [0.29, 0.717) is 11.8 Å². The summed E-state index contributed by atoms with van der Waals surface area (Å²) in [6.45, 7) is 4.25. The maximum atomic E-state index is 4.46. The molecule has 1 aliphatic heterocycles. The zero-order valence-corrected chi connectivity index (χ0v) is 14.6. The van der Waals surface area contributed by atoms with E-state index < -0.39 is 0 Å². The Morgan fingerprint density at radius 1 is 1.17 bits per heavy atom. The summed E-state index contributed by atoms with van der Waals surface area (Å²) in [6, 6.07) is 0. The van der Waals surface area contributed by atoms with E-state index >= 15 is 0 Å². The predicted octanol–water partition coefficient (Wildman–Crippen LogP) is 2.58. The minimum atomic E-state index is 0.657. The van der Waals surface area contributed by atoms with Gasteiger partial charge in [-0.3, -0.25) is 9.58 Å². The molecule has 0 spiro atoms. The van der Waals surface area contributed by atoms with Crippen molar-refractivity contribution in [3.8, 4) is 0 Å². The number of likely N-dealkylation sites (tertiary alicyclic amines) is 1. The van der Waals surface area contributed by atoms with Gasteiger partial charge in [0, 0.05) is 44.6 Å². The van der Waals surface area contributed by atoms with Crippen LogP contribution in [-0.4, -0.2) is 42.5 Å². The van der Waals surface area contributed by atoms with Crippen molar-refractivity contribution in [1.29, 1.82) is 0 Å². The summed E-state index contributed by atoms with van der Waals surface area (Å²) < 4.78 is 4.21. The van der Waals surface area contributed by atoms with Gasteiger partial charge in [0.15, 0.2) is 0 Å². The van der Waals surface area contributed by atoms with Gasteiger partial charge in [0.2, 0.25) is 0 Å². The minimum absolute atomic E-state index is 0.657. The van der Waals surface area contributed by atoms with E-state index in [1.165, 1.54) is 50.8 Å². The van der Waals surface area contributed by atoms with Crippen LogP contribution in [0.3, 0.4) is 0 Å². The molecule has 1 aliphatic carbocycles. The lowest BCUT2D eigenvalue weighted by atomic mass is 9.98. The Morgan fingerprint density at radius 3 is 2.83 bits per heavy atom. The van der Waals surface area contributed by atoms with Crippen molar-refractivity contribution in [2.45, 2.75) is 57.5 Å². The standard InChI is InChI=1S/C18H28N6/c1-22-10-8-19-18(22)14-23-9-4-5-15(11-23)12-24-13-17(20-21-24)16-6-2-3-7-16/h8,10,13,15-16H,2-7,9,11-12,14H2,1H3/t15-/m1/s1. The smallest absolute Gasteiger partial charge is 0.122 e. The summed E-state index contributed by atoms with van der Waals surface area (Å²) in [4.78, 5) is 6.99. The normalized spacial score (nSPS) is 23.1. The van der Waals surface area contributed by atoms with E-state index in [-0.39, 0.29) is 0 Å². The van der Waals surface area contributed by atoms with Gasteiger partial charge < -0.3 is 4.57 Å². The molecule has 1 saturated carbocycles. The fraction of sp³-hybridized carbons (Fsp3) is 0.722. The molecule has 0 amide bonds. The monoisotopic (exact) mass is 328 g/mol. The molecule has 3 heterocycles. The zero-order chi connectivity index (χ0) is 16.4. The number of imidazole rings is 1. The molecule has 0 radical (unpaired) electrons. The summed E-state index contributed by atoms with van der Waals surface area (Å²) in [5.41, 5.74) is 1.22. The highest BCUT2D eigenvalue weighted by molar-refractivity contribution is 5.03. The van der Waals surface area contributed by atoms with E-state index in [1.54, 1.807) is 0 Å². The lowest BCUT2D eigenvalue weighted by molar-refractivity contribution is 0.148. The Morgan fingerprint density at radius 2 is 2.04 bits per heavy atom. The van der Waals surface area contributed by atoms with E-state index in [4.69, 9.17) is 0 Å². The Balaban J connectivity index is 1.33. The molecule has 2 aromatic heterocycles. The van der Waals surface area contributed by atoms with Crippen LogP contribution in [0.4, 0.5) is 0 Å². The van der Waals surface area contributed by atoms with Crippen LogP contribution < -0.4 is 0 Å². The molecule has 24 heavy (non-hydrogen) atoms. The summed E-state index contributed by atoms with van der Waals surface area (Å²) >= 11 is 0. The van der Waals surface area contributed by atoms with E-state index in [9.17, 15) is 0 Å². The fourth-order valence-electron chi connectivity index (χ4n) is 4.27.